The number of amides is 2. The van der Waals surface area contributed by atoms with E-state index in [4.69, 9.17) is 4.42 Å². The number of piperazine rings is 1. The largest absolute Gasteiger partial charge is 0.443 e. The Balaban J connectivity index is 1.81. The molecular weight excluding hydrogens is 332 g/mol. The number of nitriles is 1. The lowest BCUT2D eigenvalue weighted by atomic mass is 10.1. The highest BCUT2D eigenvalue weighted by atomic mass is 16.4. The van der Waals surface area contributed by atoms with Gasteiger partial charge in [-0.1, -0.05) is 13.8 Å². The molecule has 1 saturated heterocycles. The van der Waals surface area contributed by atoms with E-state index in [9.17, 15) is 14.9 Å². The van der Waals surface area contributed by atoms with Gasteiger partial charge in [0, 0.05) is 44.5 Å². The van der Waals surface area contributed by atoms with Crippen molar-refractivity contribution in [2.75, 3.05) is 26.2 Å². The molecule has 2 amide bonds. The number of carbonyl (C=O) groups is 2. The van der Waals surface area contributed by atoms with Crippen LogP contribution in [0.25, 0.3) is 5.88 Å². The molecule has 7 nitrogen and oxygen atoms in total. The predicted octanol–water partition coefficient (Wildman–Crippen LogP) is 2.19. The van der Waals surface area contributed by atoms with Gasteiger partial charge in [-0.25, -0.2) is 0 Å². The molecule has 3 heterocycles. The predicted molar refractivity (Wildman–Crippen MR) is 94.8 cm³/mol. The Bertz CT molecular complexity index is 850. The van der Waals surface area contributed by atoms with Crippen LogP contribution in [-0.2, 0) is 4.79 Å². The van der Waals surface area contributed by atoms with Crippen LogP contribution in [0.15, 0.2) is 28.9 Å². The summed E-state index contributed by atoms with van der Waals surface area (Å²) in [7, 11) is 0. The molecule has 2 aromatic rings. The van der Waals surface area contributed by atoms with E-state index in [1.54, 1.807) is 33.7 Å². The molecule has 0 unspecified atom stereocenters. The Kier molecular flexibility index (Phi) is 4.85. The van der Waals surface area contributed by atoms with Gasteiger partial charge in [0.05, 0.1) is 0 Å². The van der Waals surface area contributed by atoms with E-state index in [1.807, 2.05) is 26.0 Å². The van der Waals surface area contributed by atoms with Crippen LogP contribution < -0.4 is 0 Å². The summed E-state index contributed by atoms with van der Waals surface area (Å²) in [5, 5.41) is 9.59. The summed E-state index contributed by atoms with van der Waals surface area (Å²) < 4.78 is 7.39. The van der Waals surface area contributed by atoms with Crippen LogP contribution in [0.3, 0.4) is 0 Å². The molecule has 0 saturated carbocycles. The SMILES string of the molecule is Cc1oc(-n2cccc2)c(C#N)c1C(=O)N1CCN(C(=O)C(C)C)CC1. The molecule has 0 aliphatic carbocycles. The van der Waals surface area contributed by atoms with Crippen molar-refractivity contribution in [2.24, 2.45) is 5.92 Å². The Morgan fingerprint density at radius 3 is 2.23 bits per heavy atom. The molecule has 1 aliphatic rings. The maximum atomic E-state index is 13.0. The second kappa shape index (κ2) is 7.08. The first-order valence-electron chi connectivity index (χ1n) is 8.69. The zero-order chi connectivity index (χ0) is 18.8. The molecular formula is C19H22N4O3. The zero-order valence-corrected chi connectivity index (χ0v) is 15.2. The highest BCUT2D eigenvalue weighted by Crippen LogP contribution is 2.27. The molecule has 0 aromatic carbocycles. The molecule has 136 valence electrons. The molecule has 0 spiro atoms. The Hall–Kier alpha value is -3.01. The van der Waals surface area contributed by atoms with Gasteiger partial charge < -0.3 is 14.2 Å². The number of hydrogen-bond acceptors (Lipinski definition) is 4. The van der Waals surface area contributed by atoms with Crippen LogP contribution in [0.4, 0.5) is 0 Å². The number of furan rings is 1. The third-order valence-electron chi connectivity index (χ3n) is 4.60. The highest BCUT2D eigenvalue weighted by Gasteiger charge is 2.31. The van der Waals surface area contributed by atoms with Crippen LogP contribution in [0, 0.1) is 24.2 Å². The first-order valence-corrected chi connectivity index (χ1v) is 8.69. The second-order valence-electron chi connectivity index (χ2n) is 6.69. The van der Waals surface area contributed by atoms with Crippen molar-refractivity contribution in [1.29, 1.82) is 5.26 Å². The average molecular weight is 354 g/mol. The van der Waals surface area contributed by atoms with Crippen molar-refractivity contribution < 1.29 is 14.0 Å². The first kappa shape index (κ1) is 17.8. The Morgan fingerprint density at radius 2 is 1.69 bits per heavy atom. The molecule has 0 atom stereocenters. The standard InChI is InChI=1S/C19H22N4O3/c1-13(2)17(24)21-8-10-22(11-9-21)18(25)16-14(3)26-19(15(16)12-20)23-6-4-5-7-23/h4-7,13H,8-11H2,1-3H3. The van der Waals surface area contributed by atoms with E-state index in [0.717, 1.165) is 0 Å². The van der Waals surface area contributed by atoms with E-state index in [-0.39, 0.29) is 23.3 Å². The van der Waals surface area contributed by atoms with Crippen molar-refractivity contribution >= 4 is 11.8 Å². The van der Waals surface area contributed by atoms with Gasteiger partial charge in [-0.15, -0.1) is 0 Å². The number of nitrogens with zero attached hydrogens (tertiary/aromatic N) is 4. The smallest absolute Gasteiger partial charge is 0.258 e. The fraction of sp³-hybridized carbons (Fsp3) is 0.421. The molecule has 0 bridgehead atoms. The molecule has 3 rings (SSSR count). The topological polar surface area (TPSA) is 82.5 Å². The van der Waals surface area contributed by atoms with Crippen molar-refractivity contribution in [3.63, 3.8) is 0 Å². The maximum Gasteiger partial charge on any atom is 0.258 e. The summed E-state index contributed by atoms with van der Waals surface area (Å²) in [5.41, 5.74) is 0.546. The van der Waals surface area contributed by atoms with Crippen LogP contribution in [0.1, 0.15) is 35.5 Å². The molecule has 26 heavy (non-hydrogen) atoms. The quantitative estimate of drug-likeness (QED) is 0.846. The first-order chi connectivity index (χ1) is 12.4. The van der Waals surface area contributed by atoms with Gasteiger partial charge in [-0.05, 0) is 19.1 Å². The second-order valence-corrected chi connectivity index (χ2v) is 6.69. The third-order valence-corrected chi connectivity index (χ3v) is 4.60. The van der Waals surface area contributed by atoms with Crippen molar-refractivity contribution in [2.45, 2.75) is 20.8 Å². The van der Waals surface area contributed by atoms with Gasteiger partial charge in [0.25, 0.3) is 5.91 Å². The van der Waals surface area contributed by atoms with E-state index >= 15 is 0 Å². The summed E-state index contributed by atoms with van der Waals surface area (Å²) in [5.74, 6) is 0.604. The van der Waals surface area contributed by atoms with Gasteiger partial charge in [0.1, 0.15) is 23.0 Å². The van der Waals surface area contributed by atoms with E-state index in [1.165, 1.54) is 0 Å². The highest BCUT2D eigenvalue weighted by molar-refractivity contribution is 5.98. The summed E-state index contributed by atoms with van der Waals surface area (Å²) in [6.07, 6.45) is 3.54. The molecule has 2 aromatic heterocycles. The van der Waals surface area contributed by atoms with E-state index in [2.05, 4.69) is 6.07 Å². The maximum absolute atomic E-state index is 13.0. The number of rotatable bonds is 3. The number of carbonyl (C=O) groups excluding carboxylic acids is 2. The van der Waals surface area contributed by atoms with Crippen molar-refractivity contribution in [3.8, 4) is 12.0 Å². The lowest BCUT2D eigenvalue weighted by molar-refractivity contribution is -0.135. The molecule has 0 radical (unpaired) electrons. The lowest BCUT2D eigenvalue weighted by Crippen LogP contribution is -2.51. The van der Waals surface area contributed by atoms with Gasteiger partial charge in [0.15, 0.2) is 0 Å². The van der Waals surface area contributed by atoms with Crippen molar-refractivity contribution in [1.82, 2.24) is 14.4 Å². The molecule has 7 heteroatoms. The molecule has 1 aliphatic heterocycles. The van der Waals surface area contributed by atoms with Gasteiger partial charge in [-0.2, -0.15) is 5.26 Å². The minimum atomic E-state index is -0.224. The lowest BCUT2D eigenvalue weighted by Gasteiger charge is -2.35. The van der Waals surface area contributed by atoms with Gasteiger partial charge >= 0.3 is 0 Å². The minimum Gasteiger partial charge on any atom is -0.443 e. The van der Waals surface area contributed by atoms with Gasteiger partial charge in [0.2, 0.25) is 11.8 Å². The summed E-state index contributed by atoms with van der Waals surface area (Å²) in [4.78, 5) is 28.6. The molecule has 0 N–H and O–H groups in total. The Morgan fingerprint density at radius 1 is 1.12 bits per heavy atom. The fourth-order valence-corrected chi connectivity index (χ4v) is 3.20. The van der Waals surface area contributed by atoms with Crippen LogP contribution >= 0.6 is 0 Å². The summed E-state index contributed by atoms with van der Waals surface area (Å²) >= 11 is 0. The van der Waals surface area contributed by atoms with E-state index in [0.29, 0.717) is 43.4 Å². The van der Waals surface area contributed by atoms with Crippen molar-refractivity contribution in [3.05, 3.63) is 41.4 Å². The number of aryl methyl sites for hydroxylation is 1. The van der Waals surface area contributed by atoms with E-state index < -0.39 is 0 Å². The van der Waals surface area contributed by atoms with Crippen LogP contribution in [-0.4, -0.2) is 52.4 Å². The molecule has 1 fully saturated rings. The minimum absolute atomic E-state index is 0.0531. The average Bonchev–Trinajstić information content (AvgIpc) is 3.27. The number of aromatic nitrogens is 1. The summed E-state index contributed by atoms with van der Waals surface area (Å²) in [6, 6.07) is 5.76. The van der Waals surface area contributed by atoms with Crippen LogP contribution in [0.5, 0.6) is 0 Å². The fourth-order valence-electron chi connectivity index (χ4n) is 3.20. The zero-order valence-electron chi connectivity index (χ0n) is 15.2. The Labute approximate surface area is 152 Å². The third kappa shape index (κ3) is 3.10. The van der Waals surface area contributed by atoms with Gasteiger partial charge in [-0.3, -0.25) is 14.2 Å². The normalized spacial score (nSPS) is 14.6. The van der Waals surface area contributed by atoms with Crippen LogP contribution in [0.2, 0.25) is 0 Å². The summed E-state index contributed by atoms with van der Waals surface area (Å²) in [6.45, 7) is 7.35. The number of hydrogen-bond donors (Lipinski definition) is 0. The monoisotopic (exact) mass is 354 g/mol.